The van der Waals surface area contributed by atoms with Gasteiger partial charge in [0.05, 0.1) is 6.33 Å². The van der Waals surface area contributed by atoms with E-state index in [0.29, 0.717) is 0 Å². The fourth-order valence-electron chi connectivity index (χ4n) is 3.38. The van der Waals surface area contributed by atoms with Crippen LogP contribution in [0.1, 0.15) is 25.0 Å². The largest absolute Gasteiger partial charge is 0.362 e. The number of imidazole rings is 1. The average Bonchev–Trinajstić information content (AvgIpc) is 3.07. The number of aromatic nitrogens is 4. The average molecular weight is 293 g/mol. The van der Waals surface area contributed by atoms with Crippen molar-refractivity contribution in [3.63, 3.8) is 0 Å². The Kier molecular flexibility index (Phi) is 2.89. The van der Waals surface area contributed by atoms with Crippen molar-refractivity contribution < 1.29 is 0 Å². The van der Waals surface area contributed by atoms with Crippen molar-refractivity contribution in [2.45, 2.75) is 38.8 Å². The van der Waals surface area contributed by atoms with Gasteiger partial charge in [-0.3, -0.25) is 0 Å². The third-order valence-electron chi connectivity index (χ3n) is 4.44. The first-order valence-electron chi connectivity index (χ1n) is 7.69. The molecular weight excluding hydrogens is 274 g/mol. The van der Waals surface area contributed by atoms with Crippen LogP contribution in [-0.2, 0) is 19.4 Å². The fourth-order valence-corrected chi connectivity index (χ4v) is 3.38. The first-order chi connectivity index (χ1) is 10.7. The van der Waals surface area contributed by atoms with Crippen molar-refractivity contribution in [1.82, 2.24) is 19.5 Å². The Labute approximate surface area is 129 Å². The smallest absolute Gasteiger partial charge is 0.165 e. The standard InChI is InChI=1S/C17H19N5/c1-3-22-11-20-14-15(18-10-19-16(14)22)21-17(2)8-12-6-4-5-7-13(12)9-17/h4-7,10-11H,3,8-9H2,1-2H3,(H,18,19,21). The molecule has 1 aromatic carbocycles. The molecule has 3 aromatic rings. The molecule has 0 unspecified atom stereocenters. The summed E-state index contributed by atoms with van der Waals surface area (Å²) in [5, 5.41) is 3.62. The van der Waals surface area contributed by atoms with Gasteiger partial charge in [-0.2, -0.15) is 0 Å². The van der Waals surface area contributed by atoms with Crippen molar-refractivity contribution in [3.05, 3.63) is 48.0 Å². The first-order valence-corrected chi connectivity index (χ1v) is 7.69. The third-order valence-corrected chi connectivity index (χ3v) is 4.44. The van der Waals surface area contributed by atoms with E-state index in [-0.39, 0.29) is 5.54 Å². The summed E-state index contributed by atoms with van der Waals surface area (Å²) in [6.45, 7) is 5.19. The molecule has 0 aliphatic heterocycles. The van der Waals surface area contributed by atoms with Gasteiger partial charge in [0.15, 0.2) is 11.5 Å². The molecule has 5 heteroatoms. The molecule has 112 valence electrons. The Hall–Kier alpha value is -2.43. The molecule has 2 aromatic heterocycles. The summed E-state index contributed by atoms with van der Waals surface area (Å²) in [6.07, 6.45) is 5.45. The minimum absolute atomic E-state index is 0.0268. The molecule has 0 saturated heterocycles. The van der Waals surface area contributed by atoms with Crippen LogP contribution in [0.2, 0.25) is 0 Å². The van der Waals surface area contributed by atoms with Crippen LogP contribution in [0, 0.1) is 0 Å². The maximum Gasteiger partial charge on any atom is 0.165 e. The number of aryl methyl sites for hydroxylation is 1. The third kappa shape index (κ3) is 2.04. The van der Waals surface area contributed by atoms with Gasteiger partial charge in [-0.25, -0.2) is 15.0 Å². The topological polar surface area (TPSA) is 55.6 Å². The second-order valence-electron chi connectivity index (χ2n) is 6.23. The lowest BCUT2D eigenvalue weighted by Gasteiger charge is -2.26. The lowest BCUT2D eigenvalue weighted by Crippen LogP contribution is -2.36. The van der Waals surface area contributed by atoms with Crippen molar-refractivity contribution in [1.29, 1.82) is 0 Å². The Morgan fingerprint density at radius 3 is 2.55 bits per heavy atom. The van der Waals surface area contributed by atoms with Gasteiger partial charge in [-0.05, 0) is 37.8 Å². The fraction of sp³-hybridized carbons (Fsp3) is 0.353. The Morgan fingerprint density at radius 2 is 1.86 bits per heavy atom. The van der Waals surface area contributed by atoms with Crippen LogP contribution in [-0.4, -0.2) is 25.1 Å². The van der Waals surface area contributed by atoms with Crippen molar-refractivity contribution in [2.75, 3.05) is 5.32 Å². The van der Waals surface area contributed by atoms with Gasteiger partial charge in [0.2, 0.25) is 0 Å². The summed E-state index contributed by atoms with van der Waals surface area (Å²) < 4.78 is 2.04. The lowest BCUT2D eigenvalue weighted by molar-refractivity contribution is 0.544. The van der Waals surface area contributed by atoms with Gasteiger partial charge < -0.3 is 9.88 Å². The number of anilines is 1. The second-order valence-corrected chi connectivity index (χ2v) is 6.23. The normalized spacial score (nSPS) is 15.9. The highest BCUT2D eigenvalue weighted by Crippen LogP contribution is 2.33. The summed E-state index contributed by atoms with van der Waals surface area (Å²) in [5.41, 5.74) is 4.55. The predicted molar refractivity (Wildman–Crippen MR) is 86.9 cm³/mol. The Bertz CT molecular complexity index is 811. The van der Waals surface area contributed by atoms with Crippen LogP contribution in [0.3, 0.4) is 0 Å². The molecule has 4 rings (SSSR count). The van der Waals surface area contributed by atoms with Gasteiger partial charge in [0, 0.05) is 12.1 Å². The monoisotopic (exact) mass is 293 g/mol. The van der Waals surface area contributed by atoms with E-state index in [4.69, 9.17) is 0 Å². The SMILES string of the molecule is CCn1cnc2c(NC3(C)Cc4ccccc4C3)ncnc21. The summed E-state index contributed by atoms with van der Waals surface area (Å²) in [6, 6.07) is 8.64. The zero-order chi connectivity index (χ0) is 15.2. The molecule has 0 bridgehead atoms. The number of fused-ring (bicyclic) bond motifs is 2. The molecule has 0 atom stereocenters. The zero-order valence-electron chi connectivity index (χ0n) is 12.9. The summed E-state index contributed by atoms with van der Waals surface area (Å²) in [7, 11) is 0. The van der Waals surface area contributed by atoms with E-state index in [1.807, 2.05) is 10.9 Å². The minimum Gasteiger partial charge on any atom is -0.362 e. The first kappa shape index (κ1) is 13.2. The number of hydrogen-bond donors (Lipinski definition) is 1. The van der Waals surface area contributed by atoms with Gasteiger partial charge in [-0.15, -0.1) is 0 Å². The van der Waals surface area contributed by atoms with Gasteiger partial charge >= 0.3 is 0 Å². The molecule has 22 heavy (non-hydrogen) atoms. The maximum absolute atomic E-state index is 4.49. The zero-order valence-corrected chi connectivity index (χ0v) is 12.9. The number of nitrogens with one attached hydrogen (secondary N) is 1. The van der Waals surface area contributed by atoms with Gasteiger partial charge in [0.1, 0.15) is 11.8 Å². The van der Waals surface area contributed by atoms with E-state index in [0.717, 1.165) is 36.4 Å². The highest BCUT2D eigenvalue weighted by atomic mass is 15.2. The highest BCUT2D eigenvalue weighted by Gasteiger charge is 2.33. The van der Waals surface area contributed by atoms with Gasteiger partial charge in [-0.1, -0.05) is 24.3 Å². The molecule has 1 N–H and O–H groups in total. The molecular formula is C17H19N5. The van der Waals surface area contributed by atoms with Crippen LogP contribution in [0.15, 0.2) is 36.9 Å². The van der Waals surface area contributed by atoms with E-state index >= 15 is 0 Å². The van der Waals surface area contributed by atoms with E-state index in [1.165, 1.54) is 11.1 Å². The van der Waals surface area contributed by atoms with E-state index in [1.54, 1.807) is 6.33 Å². The van der Waals surface area contributed by atoms with Crippen LogP contribution < -0.4 is 5.32 Å². The molecule has 0 amide bonds. The minimum atomic E-state index is -0.0268. The Morgan fingerprint density at radius 1 is 1.14 bits per heavy atom. The van der Waals surface area contributed by atoms with Crippen LogP contribution in [0.4, 0.5) is 5.82 Å². The van der Waals surface area contributed by atoms with E-state index < -0.39 is 0 Å². The predicted octanol–water partition coefficient (Wildman–Crippen LogP) is 2.82. The Balaban J connectivity index is 1.69. The van der Waals surface area contributed by atoms with Crippen LogP contribution >= 0.6 is 0 Å². The highest BCUT2D eigenvalue weighted by molar-refractivity contribution is 5.83. The maximum atomic E-state index is 4.49. The van der Waals surface area contributed by atoms with E-state index in [9.17, 15) is 0 Å². The van der Waals surface area contributed by atoms with E-state index in [2.05, 4.69) is 58.4 Å². The number of benzene rings is 1. The number of hydrogen-bond acceptors (Lipinski definition) is 4. The summed E-state index contributed by atoms with van der Waals surface area (Å²) in [4.78, 5) is 13.3. The molecule has 0 spiro atoms. The van der Waals surface area contributed by atoms with Crippen molar-refractivity contribution in [3.8, 4) is 0 Å². The molecule has 0 fully saturated rings. The lowest BCUT2D eigenvalue weighted by atomic mass is 9.98. The quantitative estimate of drug-likeness (QED) is 0.807. The van der Waals surface area contributed by atoms with Gasteiger partial charge in [0.25, 0.3) is 0 Å². The molecule has 1 aliphatic rings. The van der Waals surface area contributed by atoms with Crippen molar-refractivity contribution in [2.24, 2.45) is 0 Å². The summed E-state index contributed by atoms with van der Waals surface area (Å²) in [5.74, 6) is 0.826. The molecule has 5 nitrogen and oxygen atoms in total. The van der Waals surface area contributed by atoms with Crippen LogP contribution in [0.5, 0.6) is 0 Å². The van der Waals surface area contributed by atoms with Crippen molar-refractivity contribution >= 4 is 17.0 Å². The van der Waals surface area contributed by atoms with Crippen LogP contribution in [0.25, 0.3) is 11.2 Å². The molecule has 1 aliphatic carbocycles. The number of nitrogens with zero attached hydrogens (tertiary/aromatic N) is 4. The molecule has 2 heterocycles. The molecule has 0 saturated carbocycles. The second kappa shape index (κ2) is 4.80. The number of rotatable bonds is 3. The molecule has 0 radical (unpaired) electrons. The summed E-state index contributed by atoms with van der Waals surface area (Å²) >= 11 is 0.